The smallest absolute Gasteiger partial charge is 0.307 e. The molecule has 0 fully saturated rings. The van der Waals surface area contributed by atoms with E-state index in [1.54, 1.807) is 6.08 Å². The van der Waals surface area contributed by atoms with Crippen molar-refractivity contribution in [3.05, 3.63) is 34.3 Å². The van der Waals surface area contributed by atoms with Gasteiger partial charge in [0.25, 0.3) is 0 Å². The van der Waals surface area contributed by atoms with Gasteiger partial charge in [0.1, 0.15) is 5.75 Å². The first-order valence-corrected chi connectivity index (χ1v) is 7.21. The van der Waals surface area contributed by atoms with Crippen molar-refractivity contribution in [2.24, 2.45) is 0 Å². The summed E-state index contributed by atoms with van der Waals surface area (Å²) in [5.41, 5.74) is 2.10. The lowest BCUT2D eigenvalue weighted by Crippen LogP contribution is -1.95. The number of rotatable bonds is 7. The van der Waals surface area contributed by atoms with Crippen LogP contribution in [0.1, 0.15) is 38.7 Å². The number of hydrogen-bond donors (Lipinski definition) is 1. The quantitative estimate of drug-likeness (QED) is 0.802. The second-order valence-corrected chi connectivity index (χ2v) is 5.01. The summed E-state index contributed by atoms with van der Waals surface area (Å²) >= 11 is 3.48. The minimum Gasteiger partial charge on any atom is -0.493 e. The molecule has 0 radical (unpaired) electrons. The highest BCUT2D eigenvalue weighted by atomic mass is 79.9. The molecule has 0 aliphatic heterocycles. The van der Waals surface area contributed by atoms with Crippen molar-refractivity contribution >= 4 is 27.5 Å². The molecule has 0 amide bonds. The maximum Gasteiger partial charge on any atom is 0.307 e. The molecule has 0 aliphatic rings. The van der Waals surface area contributed by atoms with Gasteiger partial charge in [-0.2, -0.15) is 0 Å². The minimum absolute atomic E-state index is 0.0557. The first-order chi connectivity index (χ1) is 9.08. The van der Waals surface area contributed by atoms with Crippen LogP contribution in [0.5, 0.6) is 5.75 Å². The molecule has 1 aromatic rings. The summed E-state index contributed by atoms with van der Waals surface area (Å²) in [4.78, 5) is 10.7. The first kappa shape index (κ1) is 15.8. The Morgan fingerprint density at radius 3 is 2.68 bits per heavy atom. The van der Waals surface area contributed by atoms with Crippen molar-refractivity contribution in [2.45, 2.75) is 33.1 Å². The van der Waals surface area contributed by atoms with E-state index in [-0.39, 0.29) is 6.42 Å². The van der Waals surface area contributed by atoms with Crippen molar-refractivity contribution < 1.29 is 14.6 Å². The van der Waals surface area contributed by atoms with Crippen LogP contribution in [0, 0.1) is 0 Å². The number of hydrogen-bond acceptors (Lipinski definition) is 2. The number of carboxylic acids is 1. The van der Waals surface area contributed by atoms with Crippen LogP contribution in [0.25, 0.3) is 5.57 Å². The van der Waals surface area contributed by atoms with E-state index < -0.39 is 5.97 Å². The molecule has 0 aliphatic carbocycles. The number of carboxylic acid groups (broad SMARTS) is 1. The Bertz CT molecular complexity index is 466. The Labute approximate surface area is 122 Å². The van der Waals surface area contributed by atoms with Gasteiger partial charge in [0.2, 0.25) is 0 Å². The summed E-state index contributed by atoms with van der Waals surface area (Å²) in [6, 6.07) is 5.86. The average molecular weight is 327 g/mol. The molecule has 1 rings (SSSR count). The molecule has 0 atom stereocenters. The van der Waals surface area contributed by atoms with Crippen LogP contribution in [0.3, 0.4) is 0 Å². The van der Waals surface area contributed by atoms with Gasteiger partial charge in [-0.1, -0.05) is 25.5 Å². The van der Waals surface area contributed by atoms with E-state index in [2.05, 4.69) is 22.9 Å². The third-order valence-electron chi connectivity index (χ3n) is 2.64. The molecule has 0 saturated carbocycles. The number of allylic oxidation sites excluding steroid dienone is 1. The van der Waals surface area contributed by atoms with E-state index >= 15 is 0 Å². The largest absolute Gasteiger partial charge is 0.493 e. The molecular formula is C15H19BrO3. The number of ether oxygens (including phenoxy) is 1. The fourth-order valence-electron chi connectivity index (χ4n) is 1.82. The van der Waals surface area contributed by atoms with Gasteiger partial charge >= 0.3 is 5.97 Å². The molecule has 0 heterocycles. The van der Waals surface area contributed by atoms with Crippen LogP contribution in [0.4, 0.5) is 0 Å². The highest BCUT2D eigenvalue weighted by molar-refractivity contribution is 9.10. The van der Waals surface area contributed by atoms with E-state index in [1.807, 2.05) is 25.1 Å². The molecule has 3 nitrogen and oxygen atoms in total. The van der Waals surface area contributed by atoms with Gasteiger partial charge in [-0.3, -0.25) is 4.79 Å². The van der Waals surface area contributed by atoms with E-state index in [9.17, 15) is 4.79 Å². The van der Waals surface area contributed by atoms with Crippen molar-refractivity contribution in [1.29, 1.82) is 0 Å². The lowest BCUT2D eigenvalue weighted by atomic mass is 10.00. The predicted molar refractivity (Wildman–Crippen MR) is 80.4 cm³/mol. The summed E-state index contributed by atoms with van der Waals surface area (Å²) in [5.74, 6) is -0.000983. The molecule has 104 valence electrons. The van der Waals surface area contributed by atoms with E-state index in [4.69, 9.17) is 9.84 Å². The van der Waals surface area contributed by atoms with Crippen LogP contribution in [0.2, 0.25) is 0 Å². The maximum absolute atomic E-state index is 10.7. The second kappa shape index (κ2) is 8.00. The maximum atomic E-state index is 10.7. The van der Waals surface area contributed by atoms with Gasteiger partial charge in [0.05, 0.1) is 17.5 Å². The fourth-order valence-corrected chi connectivity index (χ4v) is 2.31. The molecule has 1 aromatic carbocycles. The number of aliphatic carboxylic acids is 1. The van der Waals surface area contributed by atoms with Crippen molar-refractivity contribution in [2.75, 3.05) is 6.61 Å². The molecule has 19 heavy (non-hydrogen) atoms. The molecule has 4 heteroatoms. The predicted octanol–water partition coefficient (Wildman–Crippen LogP) is 4.51. The second-order valence-electron chi connectivity index (χ2n) is 4.16. The SMILES string of the molecule is CCC/C(=C\CC(=O)O)c1ccc(OCC)c(Br)c1. The van der Waals surface area contributed by atoms with Crippen molar-refractivity contribution in [3.63, 3.8) is 0 Å². The molecule has 0 unspecified atom stereocenters. The highest BCUT2D eigenvalue weighted by Gasteiger charge is 2.06. The Morgan fingerprint density at radius 2 is 2.16 bits per heavy atom. The van der Waals surface area contributed by atoms with Crippen molar-refractivity contribution in [1.82, 2.24) is 0 Å². The Balaban J connectivity index is 2.99. The summed E-state index contributed by atoms with van der Waals surface area (Å²) in [6.07, 6.45) is 3.69. The highest BCUT2D eigenvalue weighted by Crippen LogP contribution is 2.30. The molecule has 0 saturated heterocycles. The Hall–Kier alpha value is -1.29. The number of carbonyl (C=O) groups is 1. The zero-order valence-corrected chi connectivity index (χ0v) is 12.9. The molecule has 0 bridgehead atoms. The molecule has 0 aromatic heterocycles. The zero-order valence-electron chi connectivity index (χ0n) is 11.3. The summed E-state index contributed by atoms with van der Waals surface area (Å²) < 4.78 is 6.36. The fraction of sp³-hybridized carbons (Fsp3) is 0.400. The minimum atomic E-state index is -0.807. The van der Waals surface area contributed by atoms with Crippen LogP contribution in [0.15, 0.2) is 28.7 Å². The normalized spacial score (nSPS) is 11.4. The lowest BCUT2D eigenvalue weighted by Gasteiger charge is -2.10. The van der Waals surface area contributed by atoms with Crippen LogP contribution < -0.4 is 4.74 Å². The number of benzene rings is 1. The Kier molecular flexibility index (Phi) is 6.64. The third kappa shape index (κ3) is 5.07. The first-order valence-electron chi connectivity index (χ1n) is 6.42. The van der Waals surface area contributed by atoms with Crippen LogP contribution >= 0.6 is 15.9 Å². The summed E-state index contributed by atoms with van der Waals surface area (Å²) in [6.45, 7) is 4.64. The molecule has 1 N–H and O–H groups in total. The van der Waals surface area contributed by atoms with Crippen LogP contribution in [-0.4, -0.2) is 17.7 Å². The zero-order chi connectivity index (χ0) is 14.3. The molecular weight excluding hydrogens is 308 g/mol. The van der Waals surface area contributed by atoms with E-state index in [0.717, 1.165) is 34.2 Å². The topological polar surface area (TPSA) is 46.5 Å². The average Bonchev–Trinajstić information content (AvgIpc) is 2.37. The van der Waals surface area contributed by atoms with E-state index in [0.29, 0.717) is 6.61 Å². The third-order valence-corrected chi connectivity index (χ3v) is 3.26. The van der Waals surface area contributed by atoms with Gasteiger partial charge in [-0.15, -0.1) is 0 Å². The van der Waals surface area contributed by atoms with E-state index in [1.165, 1.54) is 0 Å². The van der Waals surface area contributed by atoms with Gasteiger partial charge < -0.3 is 9.84 Å². The van der Waals surface area contributed by atoms with Crippen molar-refractivity contribution in [3.8, 4) is 5.75 Å². The van der Waals surface area contributed by atoms with Gasteiger partial charge in [-0.05, 0) is 52.5 Å². The standard InChI is InChI=1S/C15H19BrO3/c1-3-5-11(7-9-15(17)18)12-6-8-14(19-4-2)13(16)10-12/h6-8,10H,3-5,9H2,1-2H3,(H,17,18)/b11-7+. The van der Waals surface area contributed by atoms with Gasteiger partial charge in [0.15, 0.2) is 0 Å². The summed E-state index contributed by atoms with van der Waals surface area (Å²) in [5, 5.41) is 8.77. The van der Waals surface area contributed by atoms with Gasteiger partial charge in [0, 0.05) is 0 Å². The Morgan fingerprint density at radius 1 is 1.42 bits per heavy atom. The summed E-state index contributed by atoms with van der Waals surface area (Å²) in [7, 11) is 0. The van der Waals surface area contributed by atoms with Gasteiger partial charge in [-0.25, -0.2) is 0 Å². The van der Waals surface area contributed by atoms with Crippen LogP contribution in [-0.2, 0) is 4.79 Å². The molecule has 0 spiro atoms. The lowest BCUT2D eigenvalue weighted by molar-refractivity contribution is -0.135. The monoisotopic (exact) mass is 326 g/mol. The number of halogens is 1.